The van der Waals surface area contributed by atoms with E-state index in [1.807, 2.05) is 37.3 Å². The van der Waals surface area contributed by atoms with Gasteiger partial charge in [0.25, 0.3) is 5.91 Å². The number of nitrogens with zero attached hydrogens (tertiary/aromatic N) is 1. The number of amides is 1. The molecule has 1 amide bonds. The number of nitrogens with one attached hydrogen (secondary N) is 1. The maximum absolute atomic E-state index is 11.6. The van der Waals surface area contributed by atoms with Crippen LogP contribution in [-0.2, 0) is 4.79 Å². The molecule has 0 aromatic heterocycles. The van der Waals surface area contributed by atoms with E-state index < -0.39 is 0 Å². The van der Waals surface area contributed by atoms with Crippen molar-refractivity contribution < 1.29 is 9.53 Å². The molecule has 0 saturated carbocycles. The summed E-state index contributed by atoms with van der Waals surface area (Å²) in [5.41, 5.74) is 3.58. The molecule has 0 aliphatic rings. The highest BCUT2D eigenvalue weighted by atomic mass is 35.5. The number of hydrazone groups is 1. The van der Waals surface area contributed by atoms with Crippen molar-refractivity contribution in [1.82, 2.24) is 5.43 Å². The Morgan fingerprint density at radius 3 is 2.59 bits per heavy atom. The van der Waals surface area contributed by atoms with E-state index in [2.05, 4.69) is 10.5 Å². The van der Waals surface area contributed by atoms with Gasteiger partial charge < -0.3 is 4.74 Å². The molecule has 0 heterocycles. The summed E-state index contributed by atoms with van der Waals surface area (Å²) in [4.78, 5) is 11.6. The minimum absolute atomic E-state index is 0.0985. The van der Waals surface area contributed by atoms with Crippen LogP contribution in [0.4, 0.5) is 0 Å². The Kier molecular flexibility index (Phi) is 5.98. The van der Waals surface area contributed by atoms with Crippen LogP contribution in [0.1, 0.15) is 18.4 Å². The third-order valence-electron chi connectivity index (χ3n) is 3.00. The zero-order valence-electron chi connectivity index (χ0n) is 12.2. The SMILES string of the molecule is CC(/C=N/NC(=O)COc1ccc(Cl)cc1)c1ccccc1. The molecule has 1 N–H and O–H groups in total. The summed E-state index contributed by atoms with van der Waals surface area (Å²) in [6, 6.07) is 16.7. The maximum Gasteiger partial charge on any atom is 0.277 e. The van der Waals surface area contributed by atoms with E-state index in [4.69, 9.17) is 16.3 Å². The lowest BCUT2D eigenvalue weighted by Gasteiger charge is -2.06. The fraction of sp³-hybridized carbons (Fsp3) is 0.176. The maximum atomic E-state index is 11.6. The molecule has 1 atom stereocenters. The van der Waals surface area contributed by atoms with Crippen molar-refractivity contribution in [2.45, 2.75) is 12.8 Å². The molecule has 0 bridgehead atoms. The summed E-state index contributed by atoms with van der Waals surface area (Å²) in [5, 5.41) is 4.57. The van der Waals surface area contributed by atoms with Gasteiger partial charge in [-0.05, 0) is 29.8 Å². The average molecular weight is 317 g/mol. The van der Waals surface area contributed by atoms with Crippen LogP contribution in [0.25, 0.3) is 0 Å². The van der Waals surface area contributed by atoms with Crippen LogP contribution >= 0.6 is 11.6 Å². The highest BCUT2D eigenvalue weighted by Crippen LogP contribution is 2.15. The number of rotatable bonds is 6. The van der Waals surface area contributed by atoms with Gasteiger partial charge in [-0.3, -0.25) is 4.79 Å². The van der Waals surface area contributed by atoms with Crippen LogP contribution in [0.5, 0.6) is 5.75 Å². The lowest BCUT2D eigenvalue weighted by molar-refractivity contribution is -0.123. The molecular formula is C17H17ClN2O2. The minimum atomic E-state index is -0.313. The van der Waals surface area contributed by atoms with Gasteiger partial charge in [0.05, 0.1) is 0 Å². The first-order valence-corrected chi connectivity index (χ1v) is 7.28. The Bertz CT molecular complexity index is 627. The summed E-state index contributed by atoms with van der Waals surface area (Å²) in [5.74, 6) is 0.395. The lowest BCUT2D eigenvalue weighted by Crippen LogP contribution is -2.24. The number of halogens is 1. The largest absolute Gasteiger partial charge is 0.484 e. The summed E-state index contributed by atoms with van der Waals surface area (Å²) in [6.07, 6.45) is 1.69. The second kappa shape index (κ2) is 8.20. The van der Waals surface area contributed by atoms with Crippen LogP contribution in [0, 0.1) is 0 Å². The van der Waals surface area contributed by atoms with Gasteiger partial charge in [-0.15, -0.1) is 0 Å². The number of ether oxygens (including phenoxy) is 1. The third-order valence-corrected chi connectivity index (χ3v) is 3.25. The van der Waals surface area contributed by atoms with E-state index in [-0.39, 0.29) is 18.4 Å². The van der Waals surface area contributed by atoms with Gasteiger partial charge in [-0.2, -0.15) is 5.10 Å². The summed E-state index contributed by atoms with van der Waals surface area (Å²) in [7, 11) is 0. The Morgan fingerprint density at radius 2 is 1.91 bits per heavy atom. The standard InChI is InChI=1S/C17H17ClN2O2/c1-13(14-5-3-2-4-6-14)11-19-20-17(21)12-22-16-9-7-15(18)8-10-16/h2-11,13H,12H2,1H3,(H,20,21)/b19-11+. The van der Waals surface area contributed by atoms with Crippen LogP contribution in [0.15, 0.2) is 59.7 Å². The van der Waals surface area contributed by atoms with E-state index in [9.17, 15) is 4.79 Å². The Labute approximate surface area is 134 Å². The monoisotopic (exact) mass is 316 g/mol. The average Bonchev–Trinajstić information content (AvgIpc) is 2.55. The highest BCUT2D eigenvalue weighted by molar-refractivity contribution is 6.30. The molecule has 2 rings (SSSR count). The molecule has 2 aromatic rings. The molecule has 0 spiro atoms. The van der Waals surface area contributed by atoms with Crippen LogP contribution in [-0.4, -0.2) is 18.7 Å². The molecule has 1 unspecified atom stereocenters. The van der Waals surface area contributed by atoms with Crippen molar-refractivity contribution in [3.63, 3.8) is 0 Å². The van der Waals surface area contributed by atoms with Gasteiger partial charge in [0.1, 0.15) is 5.75 Å². The fourth-order valence-corrected chi connectivity index (χ4v) is 1.90. The first kappa shape index (κ1) is 16.0. The molecular weight excluding hydrogens is 300 g/mol. The van der Waals surface area contributed by atoms with Crippen molar-refractivity contribution in [3.8, 4) is 5.75 Å². The molecule has 0 aliphatic heterocycles. The van der Waals surface area contributed by atoms with E-state index in [1.54, 1.807) is 30.5 Å². The quantitative estimate of drug-likeness (QED) is 0.653. The van der Waals surface area contributed by atoms with E-state index in [0.717, 1.165) is 5.56 Å². The summed E-state index contributed by atoms with van der Waals surface area (Å²) < 4.78 is 5.32. The van der Waals surface area contributed by atoms with Crippen LogP contribution in [0.3, 0.4) is 0 Å². The van der Waals surface area contributed by atoms with Crippen molar-refractivity contribution in [2.24, 2.45) is 5.10 Å². The lowest BCUT2D eigenvalue weighted by atomic mass is 10.0. The second-order valence-corrected chi connectivity index (χ2v) is 5.19. The van der Waals surface area contributed by atoms with E-state index in [1.165, 1.54) is 0 Å². The smallest absolute Gasteiger partial charge is 0.277 e. The first-order valence-electron chi connectivity index (χ1n) is 6.90. The number of carbonyl (C=O) groups excluding carboxylic acids is 1. The zero-order valence-corrected chi connectivity index (χ0v) is 13.0. The minimum Gasteiger partial charge on any atom is -0.484 e. The molecule has 4 nitrogen and oxygen atoms in total. The second-order valence-electron chi connectivity index (χ2n) is 4.76. The highest BCUT2D eigenvalue weighted by Gasteiger charge is 2.03. The predicted molar refractivity (Wildman–Crippen MR) is 88.4 cm³/mol. The van der Waals surface area contributed by atoms with E-state index >= 15 is 0 Å². The fourth-order valence-electron chi connectivity index (χ4n) is 1.78. The number of hydrogen-bond donors (Lipinski definition) is 1. The first-order chi connectivity index (χ1) is 10.6. The molecule has 0 radical (unpaired) electrons. The topological polar surface area (TPSA) is 50.7 Å². The van der Waals surface area contributed by atoms with Gasteiger partial charge in [0, 0.05) is 17.2 Å². The summed E-state index contributed by atoms with van der Waals surface area (Å²) >= 11 is 5.77. The zero-order chi connectivity index (χ0) is 15.8. The Balaban J connectivity index is 1.75. The van der Waals surface area contributed by atoms with Crippen molar-refractivity contribution >= 4 is 23.7 Å². The number of carbonyl (C=O) groups is 1. The molecule has 114 valence electrons. The van der Waals surface area contributed by atoms with Crippen molar-refractivity contribution in [3.05, 3.63) is 65.2 Å². The molecule has 2 aromatic carbocycles. The van der Waals surface area contributed by atoms with E-state index in [0.29, 0.717) is 10.8 Å². The predicted octanol–water partition coefficient (Wildman–Crippen LogP) is 3.62. The number of benzene rings is 2. The van der Waals surface area contributed by atoms with Crippen molar-refractivity contribution in [2.75, 3.05) is 6.61 Å². The van der Waals surface area contributed by atoms with Crippen molar-refractivity contribution in [1.29, 1.82) is 0 Å². The van der Waals surface area contributed by atoms with Gasteiger partial charge in [0.2, 0.25) is 0 Å². The van der Waals surface area contributed by atoms with Crippen LogP contribution in [0.2, 0.25) is 5.02 Å². The van der Waals surface area contributed by atoms with Crippen LogP contribution < -0.4 is 10.2 Å². The molecule has 0 aliphatic carbocycles. The van der Waals surface area contributed by atoms with Gasteiger partial charge >= 0.3 is 0 Å². The Morgan fingerprint density at radius 1 is 1.23 bits per heavy atom. The number of hydrogen-bond acceptors (Lipinski definition) is 3. The molecule has 22 heavy (non-hydrogen) atoms. The summed E-state index contributed by atoms with van der Waals surface area (Å²) in [6.45, 7) is 1.91. The van der Waals surface area contributed by atoms with Gasteiger partial charge in [-0.1, -0.05) is 48.9 Å². The molecule has 0 fully saturated rings. The van der Waals surface area contributed by atoms with Gasteiger partial charge in [0.15, 0.2) is 6.61 Å². The third kappa shape index (κ3) is 5.22. The molecule has 5 heteroatoms. The normalized spacial score (nSPS) is 12.1. The van der Waals surface area contributed by atoms with Gasteiger partial charge in [-0.25, -0.2) is 5.43 Å². The Hall–Kier alpha value is -2.33. The molecule has 0 saturated heterocycles.